The van der Waals surface area contributed by atoms with Gasteiger partial charge in [0.1, 0.15) is 0 Å². The van der Waals surface area contributed by atoms with Crippen LogP contribution in [0.3, 0.4) is 0 Å². The first-order valence-corrected chi connectivity index (χ1v) is 7.31. The third-order valence-electron chi connectivity index (χ3n) is 3.19. The van der Waals surface area contributed by atoms with E-state index in [0.29, 0.717) is 12.1 Å². The number of unbranched alkanes of at least 4 members (excludes halogenated alkanes) is 1. The SMILES string of the molecule is CCCCC(C)NC1CCN(S(=O)O)CC1. The van der Waals surface area contributed by atoms with Crippen molar-refractivity contribution in [3.63, 3.8) is 0 Å². The molecule has 96 valence electrons. The van der Waals surface area contributed by atoms with Crippen LogP contribution in [0.1, 0.15) is 46.0 Å². The Morgan fingerprint density at radius 3 is 2.62 bits per heavy atom. The molecule has 1 heterocycles. The fourth-order valence-electron chi connectivity index (χ4n) is 2.17. The Kier molecular flexibility index (Phi) is 6.49. The van der Waals surface area contributed by atoms with Crippen LogP contribution in [0.5, 0.6) is 0 Å². The summed E-state index contributed by atoms with van der Waals surface area (Å²) in [6.45, 7) is 5.89. The van der Waals surface area contributed by atoms with Gasteiger partial charge in [0.05, 0.1) is 0 Å². The van der Waals surface area contributed by atoms with Gasteiger partial charge in [0, 0.05) is 25.2 Å². The molecule has 2 unspecified atom stereocenters. The van der Waals surface area contributed by atoms with Gasteiger partial charge < -0.3 is 5.32 Å². The maximum Gasteiger partial charge on any atom is 0.234 e. The molecule has 4 nitrogen and oxygen atoms in total. The summed E-state index contributed by atoms with van der Waals surface area (Å²) in [5.41, 5.74) is 0. The normalized spacial score (nSPS) is 23.2. The van der Waals surface area contributed by atoms with Crippen LogP contribution in [0.15, 0.2) is 0 Å². The van der Waals surface area contributed by atoms with Crippen LogP contribution in [-0.2, 0) is 11.3 Å². The van der Waals surface area contributed by atoms with Gasteiger partial charge in [0.25, 0.3) is 0 Å². The van der Waals surface area contributed by atoms with Gasteiger partial charge in [-0.05, 0) is 26.2 Å². The van der Waals surface area contributed by atoms with E-state index in [-0.39, 0.29) is 0 Å². The number of nitrogens with zero attached hydrogens (tertiary/aromatic N) is 1. The number of piperidine rings is 1. The van der Waals surface area contributed by atoms with Crippen molar-refractivity contribution >= 4 is 11.3 Å². The summed E-state index contributed by atoms with van der Waals surface area (Å²) in [4.78, 5) is 0. The quantitative estimate of drug-likeness (QED) is 0.704. The molecule has 0 aliphatic carbocycles. The van der Waals surface area contributed by atoms with Crippen LogP contribution in [0.25, 0.3) is 0 Å². The summed E-state index contributed by atoms with van der Waals surface area (Å²) in [6.07, 6.45) is 5.69. The van der Waals surface area contributed by atoms with E-state index in [4.69, 9.17) is 4.55 Å². The van der Waals surface area contributed by atoms with Gasteiger partial charge in [-0.3, -0.25) is 4.55 Å². The van der Waals surface area contributed by atoms with E-state index in [9.17, 15) is 4.21 Å². The molecule has 1 aliphatic rings. The second kappa shape index (κ2) is 7.37. The van der Waals surface area contributed by atoms with E-state index in [1.165, 1.54) is 19.3 Å². The molecule has 0 aromatic carbocycles. The highest BCUT2D eigenvalue weighted by atomic mass is 32.2. The maximum absolute atomic E-state index is 10.8. The molecule has 1 rings (SSSR count). The minimum atomic E-state index is -1.78. The van der Waals surface area contributed by atoms with E-state index in [1.807, 2.05) is 0 Å². The topological polar surface area (TPSA) is 52.6 Å². The Labute approximate surface area is 101 Å². The highest BCUT2D eigenvalue weighted by Gasteiger charge is 2.22. The molecule has 0 amide bonds. The van der Waals surface area contributed by atoms with Crippen molar-refractivity contribution in [2.75, 3.05) is 13.1 Å². The van der Waals surface area contributed by atoms with Crippen molar-refractivity contribution in [2.45, 2.75) is 58.0 Å². The Balaban J connectivity index is 2.18. The molecule has 0 saturated carbocycles. The van der Waals surface area contributed by atoms with Crippen molar-refractivity contribution in [1.82, 2.24) is 9.62 Å². The Hall–Kier alpha value is 0.0300. The first-order valence-electron chi connectivity index (χ1n) is 6.25. The first-order chi connectivity index (χ1) is 7.63. The Morgan fingerprint density at radius 2 is 2.12 bits per heavy atom. The fourth-order valence-corrected chi connectivity index (χ4v) is 2.70. The Morgan fingerprint density at radius 1 is 1.50 bits per heavy atom. The van der Waals surface area contributed by atoms with Crippen LogP contribution in [0.2, 0.25) is 0 Å². The van der Waals surface area contributed by atoms with Gasteiger partial charge in [-0.25, -0.2) is 8.51 Å². The summed E-state index contributed by atoms with van der Waals surface area (Å²) in [5.74, 6) is 0. The number of hydrogen-bond donors (Lipinski definition) is 2. The zero-order valence-corrected chi connectivity index (χ0v) is 11.1. The molecule has 16 heavy (non-hydrogen) atoms. The van der Waals surface area contributed by atoms with Gasteiger partial charge in [-0.1, -0.05) is 19.8 Å². The van der Waals surface area contributed by atoms with E-state index in [1.54, 1.807) is 4.31 Å². The molecule has 0 aromatic rings. The fraction of sp³-hybridized carbons (Fsp3) is 1.00. The van der Waals surface area contributed by atoms with Crippen LogP contribution in [0.4, 0.5) is 0 Å². The molecule has 2 N–H and O–H groups in total. The van der Waals surface area contributed by atoms with Crippen molar-refractivity contribution in [3.05, 3.63) is 0 Å². The molecule has 0 spiro atoms. The van der Waals surface area contributed by atoms with Crippen LogP contribution in [0, 0.1) is 0 Å². The van der Waals surface area contributed by atoms with Crippen molar-refractivity contribution in [1.29, 1.82) is 0 Å². The van der Waals surface area contributed by atoms with Crippen LogP contribution in [-0.4, -0.2) is 38.2 Å². The lowest BCUT2D eigenvalue weighted by Gasteiger charge is -2.31. The predicted molar refractivity (Wildman–Crippen MR) is 67.5 cm³/mol. The van der Waals surface area contributed by atoms with E-state index in [0.717, 1.165) is 25.9 Å². The number of nitrogens with one attached hydrogen (secondary N) is 1. The highest BCUT2D eigenvalue weighted by Crippen LogP contribution is 2.13. The minimum Gasteiger partial charge on any atom is -0.311 e. The molecule has 5 heteroatoms. The molecular weight excluding hydrogens is 224 g/mol. The Bertz CT molecular complexity index is 218. The minimum absolute atomic E-state index is 0.520. The summed E-state index contributed by atoms with van der Waals surface area (Å²) >= 11 is -1.78. The summed E-state index contributed by atoms with van der Waals surface area (Å²) in [6, 6.07) is 1.09. The zero-order valence-electron chi connectivity index (χ0n) is 10.3. The first kappa shape index (κ1) is 14.1. The van der Waals surface area contributed by atoms with Gasteiger partial charge in [-0.15, -0.1) is 0 Å². The lowest BCUT2D eigenvalue weighted by molar-refractivity contribution is 0.269. The summed E-state index contributed by atoms with van der Waals surface area (Å²) in [5, 5.41) is 3.61. The highest BCUT2D eigenvalue weighted by molar-refractivity contribution is 7.76. The third-order valence-corrected chi connectivity index (χ3v) is 3.99. The molecular formula is C11H24N2O2S. The van der Waals surface area contributed by atoms with Gasteiger partial charge in [-0.2, -0.15) is 0 Å². The monoisotopic (exact) mass is 248 g/mol. The van der Waals surface area contributed by atoms with E-state index >= 15 is 0 Å². The summed E-state index contributed by atoms with van der Waals surface area (Å²) in [7, 11) is 0. The van der Waals surface area contributed by atoms with E-state index in [2.05, 4.69) is 19.2 Å². The van der Waals surface area contributed by atoms with E-state index < -0.39 is 11.3 Å². The standard InChI is InChI=1S/C11H24N2O2S/c1-3-4-5-10(2)12-11-6-8-13(9-7-11)16(14)15/h10-12H,3-9H2,1-2H3,(H,14,15). The average molecular weight is 248 g/mol. The smallest absolute Gasteiger partial charge is 0.234 e. The molecule has 0 bridgehead atoms. The second-order valence-electron chi connectivity index (χ2n) is 4.64. The predicted octanol–water partition coefficient (Wildman–Crippen LogP) is 1.76. The molecule has 0 radical (unpaired) electrons. The lowest BCUT2D eigenvalue weighted by Crippen LogP contribution is -2.45. The third kappa shape index (κ3) is 4.91. The van der Waals surface area contributed by atoms with Crippen LogP contribution < -0.4 is 5.32 Å². The van der Waals surface area contributed by atoms with Crippen molar-refractivity contribution in [2.24, 2.45) is 0 Å². The average Bonchev–Trinajstić information content (AvgIpc) is 2.27. The lowest BCUT2D eigenvalue weighted by atomic mass is 10.0. The maximum atomic E-state index is 10.8. The van der Waals surface area contributed by atoms with Gasteiger partial charge in [0.15, 0.2) is 0 Å². The number of rotatable bonds is 6. The molecule has 1 saturated heterocycles. The zero-order chi connectivity index (χ0) is 12.0. The molecule has 1 aliphatic heterocycles. The number of hydrogen-bond acceptors (Lipinski definition) is 2. The molecule has 1 fully saturated rings. The molecule has 2 atom stereocenters. The summed E-state index contributed by atoms with van der Waals surface area (Å²) < 4.78 is 21.4. The molecule has 0 aromatic heterocycles. The van der Waals surface area contributed by atoms with Crippen LogP contribution >= 0.6 is 0 Å². The van der Waals surface area contributed by atoms with Gasteiger partial charge >= 0.3 is 0 Å². The largest absolute Gasteiger partial charge is 0.311 e. The second-order valence-corrected chi connectivity index (χ2v) is 5.62. The van der Waals surface area contributed by atoms with Gasteiger partial charge in [0.2, 0.25) is 11.3 Å². The van der Waals surface area contributed by atoms with Crippen molar-refractivity contribution in [3.8, 4) is 0 Å². The van der Waals surface area contributed by atoms with Crippen molar-refractivity contribution < 1.29 is 8.76 Å².